The Morgan fingerprint density at radius 1 is 1.24 bits per heavy atom. The van der Waals surface area contributed by atoms with Gasteiger partial charge >= 0.3 is 0 Å². The molecule has 0 atom stereocenters. The Kier molecular flexibility index (Phi) is 4.88. The molecule has 0 spiro atoms. The van der Waals surface area contributed by atoms with Crippen LogP contribution in [0.1, 0.15) is 18.1 Å². The predicted molar refractivity (Wildman–Crippen MR) is 69.3 cm³/mol. The van der Waals surface area contributed by atoms with Crippen LogP contribution in [-0.2, 0) is 12.2 Å². The minimum absolute atomic E-state index is 0.622. The van der Waals surface area contributed by atoms with Crippen molar-refractivity contribution in [1.29, 1.82) is 0 Å². The molecule has 3 nitrogen and oxygen atoms in total. The van der Waals surface area contributed by atoms with Crippen molar-refractivity contribution in [3.8, 4) is 0 Å². The topological polar surface area (TPSA) is 38.9 Å². The zero-order chi connectivity index (χ0) is 11.9. The van der Waals surface area contributed by atoms with Crippen LogP contribution in [0.15, 0.2) is 39.8 Å². The molecule has 0 amide bonds. The second-order valence-corrected chi connectivity index (χ2v) is 4.93. The Balaban J connectivity index is 1.85. The maximum absolute atomic E-state index is 5.61. The van der Waals surface area contributed by atoms with Crippen molar-refractivity contribution in [2.24, 2.45) is 0 Å². The minimum Gasteiger partial charge on any atom is -0.339 e. The summed E-state index contributed by atoms with van der Waals surface area (Å²) in [4.78, 5) is 5.51. The van der Waals surface area contributed by atoms with Gasteiger partial charge in [-0.3, -0.25) is 0 Å². The van der Waals surface area contributed by atoms with E-state index >= 15 is 0 Å². The molecule has 2 rings (SSSR count). The molecule has 0 aliphatic heterocycles. The second-order valence-electron chi connectivity index (χ2n) is 3.50. The van der Waals surface area contributed by atoms with Crippen LogP contribution >= 0.6 is 23.4 Å². The summed E-state index contributed by atoms with van der Waals surface area (Å²) in [7, 11) is 0. The largest absolute Gasteiger partial charge is 0.339 e. The average Bonchev–Trinajstić information content (AvgIpc) is 2.83. The van der Waals surface area contributed by atoms with Crippen LogP contribution in [0.3, 0.4) is 0 Å². The summed E-state index contributed by atoms with van der Waals surface area (Å²) in [6.45, 7) is 0. The lowest BCUT2D eigenvalue weighted by molar-refractivity contribution is 0.373. The number of thioether (sulfide) groups is 1. The second kappa shape index (κ2) is 6.67. The molecule has 0 aliphatic rings. The molecule has 1 aromatic heterocycles. The van der Waals surface area contributed by atoms with Gasteiger partial charge in [0.25, 0.3) is 0 Å². The zero-order valence-electron chi connectivity index (χ0n) is 9.30. The smallest absolute Gasteiger partial charge is 0.226 e. The number of hydrogen-bond donors (Lipinski definition) is 0. The molecule has 1 heterocycles. The number of aromatic nitrogens is 2. The van der Waals surface area contributed by atoms with Gasteiger partial charge in [0, 0.05) is 17.2 Å². The SMILES string of the molecule is ClCCCc1nc(CSc2ccccc2)no1. The maximum Gasteiger partial charge on any atom is 0.226 e. The van der Waals surface area contributed by atoms with Gasteiger partial charge in [-0.1, -0.05) is 23.4 Å². The predicted octanol–water partition coefficient (Wildman–Crippen LogP) is 3.53. The van der Waals surface area contributed by atoms with E-state index in [4.69, 9.17) is 16.1 Å². The summed E-state index contributed by atoms with van der Waals surface area (Å²) in [6.07, 6.45) is 1.63. The molecule has 0 N–H and O–H groups in total. The highest BCUT2D eigenvalue weighted by atomic mass is 35.5. The molecule has 0 unspecified atom stereocenters. The molecule has 90 valence electrons. The summed E-state index contributed by atoms with van der Waals surface area (Å²) >= 11 is 7.31. The third-order valence-electron chi connectivity index (χ3n) is 2.15. The Bertz CT molecular complexity index is 447. The fraction of sp³-hybridized carbons (Fsp3) is 0.333. The van der Waals surface area contributed by atoms with Crippen molar-refractivity contribution >= 4 is 23.4 Å². The van der Waals surface area contributed by atoms with E-state index in [0.29, 0.717) is 11.8 Å². The molecule has 0 saturated carbocycles. The van der Waals surface area contributed by atoms with Gasteiger partial charge in [-0.2, -0.15) is 4.98 Å². The number of benzene rings is 1. The molecule has 0 bridgehead atoms. The van der Waals surface area contributed by atoms with Gasteiger partial charge in [0.2, 0.25) is 5.89 Å². The van der Waals surface area contributed by atoms with Crippen molar-refractivity contribution < 1.29 is 4.52 Å². The summed E-state index contributed by atoms with van der Waals surface area (Å²) in [5.41, 5.74) is 0. The Labute approximate surface area is 110 Å². The lowest BCUT2D eigenvalue weighted by atomic mass is 10.3. The van der Waals surface area contributed by atoms with Gasteiger partial charge in [0.05, 0.1) is 5.75 Å². The van der Waals surface area contributed by atoms with E-state index in [9.17, 15) is 0 Å². The van der Waals surface area contributed by atoms with E-state index in [-0.39, 0.29) is 0 Å². The number of alkyl halides is 1. The van der Waals surface area contributed by atoms with Crippen molar-refractivity contribution in [1.82, 2.24) is 10.1 Å². The van der Waals surface area contributed by atoms with Gasteiger partial charge in [0.1, 0.15) is 0 Å². The highest BCUT2D eigenvalue weighted by Gasteiger charge is 2.06. The fourth-order valence-corrected chi connectivity index (χ4v) is 2.23. The van der Waals surface area contributed by atoms with Gasteiger partial charge in [-0.15, -0.1) is 23.4 Å². The molecule has 0 aliphatic carbocycles. The highest BCUT2D eigenvalue weighted by molar-refractivity contribution is 7.98. The third kappa shape index (κ3) is 4.06. The molecule has 17 heavy (non-hydrogen) atoms. The van der Waals surface area contributed by atoms with E-state index in [0.717, 1.165) is 24.4 Å². The monoisotopic (exact) mass is 268 g/mol. The van der Waals surface area contributed by atoms with Gasteiger partial charge in [-0.25, -0.2) is 0 Å². The van der Waals surface area contributed by atoms with Gasteiger partial charge in [0.15, 0.2) is 5.82 Å². The minimum atomic E-state index is 0.622. The van der Waals surface area contributed by atoms with Crippen molar-refractivity contribution in [2.45, 2.75) is 23.5 Å². The van der Waals surface area contributed by atoms with Crippen LogP contribution in [0, 0.1) is 0 Å². The first-order chi connectivity index (χ1) is 8.38. The first kappa shape index (κ1) is 12.5. The highest BCUT2D eigenvalue weighted by Crippen LogP contribution is 2.20. The lowest BCUT2D eigenvalue weighted by Crippen LogP contribution is -1.88. The third-order valence-corrected chi connectivity index (χ3v) is 3.42. The van der Waals surface area contributed by atoms with Gasteiger partial charge in [-0.05, 0) is 18.6 Å². The van der Waals surface area contributed by atoms with E-state index in [1.165, 1.54) is 4.90 Å². The van der Waals surface area contributed by atoms with Crippen LogP contribution in [-0.4, -0.2) is 16.0 Å². The summed E-state index contributed by atoms with van der Waals surface area (Å²) in [5.74, 6) is 2.77. The summed E-state index contributed by atoms with van der Waals surface area (Å²) < 4.78 is 5.12. The first-order valence-corrected chi connectivity index (χ1v) is 6.96. The molecule has 0 fully saturated rings. The van der Waals surface area contributed by atoms with E-state index < -0.39 is 0 Å². The normalized spacial score (nSPS) is 10.6. The number of halogens is 1. The fourth-order valence-electron chi connectivity index (χ4n) is 1.33. The number of nitrogens with zero attached hydrogens (tertiary/aromatic N) is 2. The zero-order valence-corrected chi connectivity index (χ0v) is 10.9. The average molecular weight is 269 g/mol. The first-order valence-electron chi connectivity index (χ1n) is 5.44. The molecular weight excluding hydrogens is 256 g/mol. The molecular formula is C12H13ClN2OS. The standard InChI is InChI=1S/C12H13ClN2OS/c13-8-4-7-12-14-11(15-16-12)9-17-10-5-2-1-3-6-10/h1-3,5-6H,4,7-9H2. The number of aryl methyl sites for hydroxylation is 1. The van der Waals surface area contributed by atoms with E-state index in [2.05, 4.69) is 22.3 Å². The Morgan fingerprint density at radius 2 is 2.06 bits per heavy atom. The van der Waals surface area contributed by atoms with Crippen LogP contribution in [0.2, 0.25) is 0 Å². The van der Waals surface area contributed by atoms with Crippen LogP contribution in [0.5, 0.6) is 0 Å². The quantitative estimate of drug-likeness (QED) is 0.593. The maximum atomic E-state index is 5.61. The number of rotatable bonds is 6. The molecule has 1 aromatic carbocycles. The summed E-state index contributed by atoms with van der Waals surface area (Å²) in [5, 5.41) is 3.93. The number of hydrogen-bond acceptors (Lipinski definition) is 4. The summed E-state index contributed by atoms with van der Waals surface area (Å²) in [6, 6.07) is 10.2. The molecule has 0 radical (unpaired) electrons. The lowest BCUT2D eigenvalue weighted by Gasteiger charge is -1.96. The van der Waals surface area contributed by atoms with Crippen molar-refractivity contribution in [3.05, 3.63) is 42.0 Å². The molecule has 5 heteroatoms. The van der Waals surface area contributed by atoms with Crippen LogP contribution < -0.4 is 0 Å². The molecule has 0 saturated heterocycles. The Morgan fingerprint density at radius 3 is 2.82 bits per heavy atom. The molecule has 2 aromatic rings. The Hall–Kier alpha value is -1.00. The van der Waals surface area contributed by atoms with Gasteiger partial charge < -0.3 is 4.52 Å². The van der Waals surface area contributed by atoms with Crippen molar-refractivity contribution in [2.75, 3.05) is 5.88 Å². The van der Waals surface area contributed by atoms with Crippen LogP contribution in [0.4, 0.5) is 0 Å². The van der Waals surface area contributed by atoms with Crippen LogP contribution in [0.25, 0.3) is 0 Å². The van der Waals surface area contributed by atoms with E-state index in [1.807, 2.05) is 18.2 Å². The van der Waals surface area contributed by atoms with E-state index in [1.54, 1.807) is 11.8 Å². The van der Waals surface area contributed by atoms with Crippen molar-refractivity contribution in [3.63, 3.8) is 0 Å².